The Bertz CT molecular complexity index is 428. The van der Waals surface area contributed by atoms with E-state index < -0.39 is 12.0 Å². The Morgan fingerprint density at radius 1 is 1.33 bits per heavy atom. The molecule has 5 nitrogen and oxygen atoms in total. The van der Waals surface area contributed by atoms with Crippen molar-refractivity contribution in [3.63, 3.8) is 0 Å². The summed E-state index contributed by atoms with van der Waals surface area (Å²) in [5.74, 6) is -1.43. The number of carboxylic acid groups (broad SMARTS) is 1. The third-order valence-electron chi connectivity index (χ3n) is 2.66. The molecular weight excluding hydrogens is 232 g/mol. The minimum absolute atomic E-state index is 0.372. The van der Waals surface area contributed by atoms with Crippen molar-refractivity contribution in [1.82, 2.24) is 0 Å². The van der Waals surface area contributed by atoms with Crippen molar-refractivity contribution in [2.45, 2.75) is 26.3 Å². The molecule has 0 aliphatic heterocycles. The van der Waals surface area contributed by atoms with Gasteiger partial charge in [-0.25, -0.2) is 0 Å². The highest BCUT2D eigenvalue weighted by Gasteiger charge is 2.23. The molecule has 0 bridgehead atoms. The first-order valence-corrected chi connectivity index (χ1v) is 5.81. The van der Waals surface area contributed by atoms with Crippen LogP contribution in [-0.4, -0.2) is 29.6 Å². The number of nitrogens with zero attached hydrogens (tertiary/aromatic N) is 1. The van der Waals surface area contributed by atoms with Crippen LogP contribution in [0.1, 0.15) is 18.9 Å². The smallest absolute Gasteiger partial charge is 0.323 e. The summed E-state index contributed by atoms with van der Waals surface area (Å²) in [6, 6.07) is 6.42. The van der Waals surface area contributed by atoms with Gasteiger partial charge < -0.3 is 10.8 Å². The van der Waals surface area contributed by atoms with Gasteiger partial charge in [-0.15, -0.1) is 0 Å². The predicted octanol–water partition coefficient (Wildman–Crippen LogP) is 1.15. The van der Waals surface area contributed by atoms with Crippen LogP contribution in [-0.2, 0) is 9.59 Å². The van der Waals surface area contributed by atoms with Crippen molar-refractivity contribution < 1.29 is 14.7 Å². The van der Waals surface area contributed by atoms with E-state index >= 15 is 0 Å². The molecule has 0 heterocycles. The zero-order chi connectivity index (χ0) is 13.7. The lowest BCUT2D eigenvalue weighted by atomic mass is 10.1. The highest BCUT2D eigenvalue weighted by Crippen LogP contribution is 2.16. The molecule has 0 aliphatic carbocycles. The van der Waals surface area contributed by atoms with Crippen molar-refractivity contribution in [2.75, 3.05) is 11.4 Å². The molecule has 0 fully saturated rings. The van der Waals surface area contributed by atoms with E-state index in [1.807, 2.05) is 19.1 Å². The first-order valence-electron chi connectivity index (χ1n) is 5.81. The second-order valence-electron chi connectivity index (χ2n) is 4.17. The number of hydrogen-bond acceptors (Lipinski definition) is 3. The topological polar surface area (TPSA) is 83.6 Å². The van der Waals surface area contributed by atoms with E-state index in [0.29, 0.717) is 12.1 Å². The fourth-order valence-electron chi connectivity index (χ4n) is 1.53. The van der Waals surface area contributed by atoms with Gasteiger partial charge >= 0.3 is 5.97 Å². The van der Waals surface area contributed by atoms with Crippen LogP contribution < -0.4 is 10.6 Å². The van der Waals surface area contributed by atoms with Crippen molar-refractivity contribution in [2.24, 2.45) is 5.73 Å². The van der Waals surface area contributed by atoms with Crippen LogP contribution >= 0.6 is 0 Å². The summed E-state index contributed by atoms with van der Waals surface area (Å²) in [5, 5.41) is 8.87. The van der Waals surface area contributed by atoms with Gasteiger partial charge in [-0.05, 0) is 25.5 Å². The number of carbonyl (C=O) groups excluding carboxylic acids is 1. The Labute approximate surface area is 106 Å². The average molecular weight is 250 g/mol. The maximum Gasteiger partial charge on any atom is 0.323 e. The largest absolute Gasteiger partial charge is 0.480 e. The first-order chi connectivity index (χ1) is 8.45. The molecule has 1 aromatic carbocycles. The number of anilines is 1. The fourth-order valence-corrected chi connectivity index (χ4v) is 1.53. The van der Waals surface area contributed by atoms with Gasteiger partial charge in [0.15, 0.2) is 0 Å². The van der Waals surface area contributed by atoms with Crippen LogP contribution in [0.5, 0.6) is 0 Å². The normalized spacial score (nSPS) is 11.9. The number of nitrogens with two attached hydrogens (primary N) is 1. The van der Waals surface area contributed by atoms with E-state index in [-0.39, 0.29) is 12.5 Å². The van der Waals surface area contributed by atoms with E-state index in [0.717, 1.165) is 5.56 Å². The standard InChI is InChI=1S/C13H18N2O3/c1-3-11(14)13(18)15(8-12(16)17)10-6-4-9(2)5-7-10/h4-7,11H,3,8,14H2,1-2H3,(H,16,17)/t11-/m0/s1. The quantitative estimate of drug-likeness (QED) is 0.821. The minimum Gasteiger partial charge on any atom is -0.480 e. The second-order valence-corrected chi connectivity index (χ2v) is 4.17. The summed E-state index contributed by atoms with van der Waals surface area (Å²) in [6.07, 6.45) is 0.473. The predicted molar refractivity (Wildman–Crippen MR) is 69.4 cm³/mol. The van der Waals surface area contributed by atoms with Crippen LogP contribution in [0.4, 0.5) is 5.69 Å². The highest BCUT2D eigenvalue weighted by atomic mass is 16.4. The van der Waals surface area contributed by atoms with Gasteiger partial charge in [-0.2, -0.15) is 0 Å². The SMILES string of the molecule is CC[C@H](N)C(=O)N(CC(=O)O)c1ccc(C)cc1. The number of carboxylic acids is 1. The van der Waals surface area contributed by atoms with Crippen LogP contribution in [0, 0.1) is 6.92 Å². The number of rotatable bonds is 5. The van der Waals surface area contributed by atoms with Gasteiger partial charge in [0.2, 0.25) is 5.91 Å². The van der Waals surface area contributed by atoms with E-state index in [2.05, 4.69) is 0 Å². The molecule has 0 unspecified atom stereocenters. The summed E-state index contributed by atoms with van der Waals surface area (Å²) >= 11 is 0. The number of hydrogen-bond donors (Lipinski definition) is 2. The Hall–Kier alpha value is -1.88. The zero-order valence-electron chi connectivity index (χ0n) is 10.6. The summed E-state index contributed by atoms with van der Waals surface area (Å²) < 4.78 is 0. The van der Waals surface area contributed by atoms with Crippen molar-refractivity contribution in [3.05, 3.63) is 29.8 Å². The summed E-state index contributed by atoms with van der Waals surface area (Å²) in [4.78, 5) is 24.1. The van der Waals surface area contributed by atoms with Gasteiger partial charge in [-0.1, -0.05) is 24.6 Å². The molecule has 0 aliphatic rings. The van der Waals surface area contributed by atoms with Gasteiger partial charge in [0, 0.05) is 5.69 Å². The molecule has 18 heavy (non-hydrogen) atoms. The molecule has 1 atom stereocenters. The second kappa shape index (κ2) is 6.16. The van der Waals surface area contributed by atoms with Crippen LogP contribution in [0.15, 0.2) is 24.3 Å². The molecule has 0 saturated carbocycles. The van der Waals surface area contributed by atoms with Crippen LogP contribution in [0.2, 0.25) is 0 Å². The van der Waals surface area contributed by atoms with Crippen molar-refractivity contribution in [1.29, 1.82) is 0 Å². The van der Waals surface area contributed by atoms with E-state index in [1.165, 1.54) is 4.90 Å². The highest BCUT2D eigenvalue weighted by molar-refractivity contribution is 6.00. The number of benzene rings is 1. The number of amides is 1. The molecule has 0 saturated heterocycles. The summed E-state index contributed by atoms with van der Waals surface area (Å²) in [5.41, 5.74) is 7.27. The lowest BCUT2D eigenvalue weighted by molar-refractivity contribution is -0.136. The Morgan fingerprint density at radius 2 is 1.89 bits per heavy atom. The Kier molecular flexibility index (Phi) is 4.85. The van der Waals surface area contributed by atoms with Gasteiger partial charge in [0.1, 0.15) is 6.54 Å². The molecule has 1 aromatic rings. The van der Waals surface area contributed by atoms with E-state index in [4.69, 9.17) is 10.8 Å². The summed E-state index contributed by atoms with van der Waals surface area (Å²) in [6.45, 7) is 3.33. The van der Waals surface area contributed by atoms with Crippen LogP contribution in [0.25, 0.3) is 0 Å². The molecule has 1 rings (SSSR count). The van der Waals surface area contributed by atoms with E-state index in [9.17, 15) is 9.59 Å². The van der Waals surface area contributed by atoms with E-state index in [1.54, 1.807) is 19.1 Å². The molecule has 0 spiro atoms. The molecule has 98 valence electrons. The number of aryl methyl sites for hydroxylation is 1. The van der Waals surface area contributed by atoms with Gasteiger partial charge in [-0.3, -0.25) is 14.5 Å². The molecule has 5 heteroatoms. The third kappa shape index (κ3) is 3.56. The lowest BCUT2D eigenvalue weighted by Gasteiger charge is -2.23. The molecule has 1 amide bonds. The molecule has 0 radical (unpaired) electrons. The zero-order valence-corrected chi connectivity index (χ0v) is 10.6. The van der Waals surface area contributed by atoms with Gasteiger partial charge in [0.25, 0.3) is 0 Å². The molecule has 3 N–H and O–H groups in total. The summed E-state index contributed by atoms with van der Waals surface area (Å²) in [7, 11) is 0. The van der Waals surface area contributed by atoms with Crippen molar-refractivity contribution >= 4 is 17.6 Å². The maximum absolute atomic E-state index is 12.0. The first kappa shape index (κ1) is 14.2. The number of carbonyl (C=O) groups is 2. The lowest BCUT2D eigenvalue weighted by Crippen LogP contribution is -2.45. The Balaban J connectivity index is 3.01. The Morgan fingerprint density at radius 3 is 2.33 bits per heavy atom. The molecule has 0 aromatic heterocycles. The number of aliphatic carboxylic acids is 1. The van der Waals surface area contributed by atoms with Gasteiger partial charge in [0.05, 0.1) is 6.04 Å². The van der Waals surface area contributed by atoms with Crippen molar-refractivity contribution in [3.8, 4) is 0 Å². The monoisotopic (exact) mass is 250 g/mol. The average Bonchev–Trinajstić information content (AvgIpc) is 2.35. The molecular formula is C13H18N2O3. The maximum atomic E-state index is 12.0. The van der Waals surface area contributed by atoms with Crippen LogP contribution in [0.3, 0.4) is 0 Å². The third-order valence-corrected chi connectivity index (χ3v) is 2.66. The minimum atomic E-state index is -1.06. The fraction of sp³-hybridized carbons (Fsp3) is 0.385.